The fourth-order valence-electron chi connectivity index (χ4n) is 1.74. The lowest BCUT2D eigenvalue weighted by molar-refractivity contribution is -0.144. The zero-order chi connectivity index (χ0) is 16.0. The normalized spacial score (nSPS) is 13.4. The van der Waals surface area contributed by atoms with Crippen LogP contribution in [0.1, 0.15) is 20.8 Å². The molecule has 0 heterocycles. The highest BCUT2D eigenvalue weighted by molar-refractivity contribution is 5.86. The summed E-state index contributed by atoms with van der Waals surface area (Å²) in [5.41, 5.74) is 0. The molecule has 1 aromatic carbocycles. The van der Waals surface area contributed by atoms with Gasteiger partial charge in [0.15, 0.2) is 17.6 Å². The van der Waals surface area contributed by atoms with Crippen molar-refractivity contribution < 1.29 is 24.2 Å². The van der Waals surface area contributed by atoms with E-state index >= 15 is 0 Å². The number of para-hydroxylation sites is 2. The predicted octanol–water partition coefficient (Wildman–Crippen LogP) is 1.69. The average Bonchev–Trinajstić information content (AvgIpc) is 2.44. The van der Waals surface area contributed by atoms with Crippen molar-refractivity contribution >= 4 is 11.9 Å². The molecule has 0 spiro atoms. The van der Waals surface area contributed by atoms with E-state index in [9.17, 15) is 9.59 Å². The Morgan fingerprint density at radius 2 is 1.71 bits per heavy atom. The number of hydrogen-bond donors (Lipinski definition) is 2. The molecule has 6 nitrogen and oxygen atoms in total. The standard InChI is InChI=1S/C15H21NO5/c1-9(2)13(15(18)19)16-14(17)10(3)21-12-8-6-5-7-11(12)20-4/h5-10,13H,1-4H3,(H,16,17)(H,18,19). The maximum absolute atomic E-state index is 12.0. The Bertz CT molecular complexity index is 501. The number of benzene rings is 1. The molecule has 6 heteroatoms. The lowest BCUT2D eigenvalue weighted by Gasteiger charge is -2.21. The molecule has 0 aromatic heterocycles. The van der Waals surface area contributed by atoms with Crippen LogP contribution in [0.15, 0.2) is 24.3 Å². The Morgan fingerprint density at radius 1 is 1.14 bits per heavy atom. The summed E-state index contributed by atoms with van der Waals surface area (Å²) >= 11 is 0. The van der Waals surface area contributed by atoms with Crippen molar-refractivity contribution in [3.8, 4) is 11.5 Å². The molecule has 0 saturated carbocycles. The van der Waals surface area contributed by atoms with Crippen LogP contribution in [0.5, 0.6) is 11.5 Å². The first kappa shape index (κ1) is 16.8. The minimum Gasteiger partial charge on any atom is -0.493 e. The van der Waals surface area contributed by atoms with E-state index < -0.39 is 24.0 Å². The largest absolute Gasteiger partial charge is 0.493 e. The molecule has 0 aliphatic rings. The van der Waals surface area contributed by atoms with Gasteiger partial charge in [0.25, 0.3) is 5.91 Å². The van der Waals surface area contributed by atoms with Gasteiger partial charge in [0.2, 0.25) is 0 Å². The fourth-order valence-corrected chi connectivity index (χ4v) is 1.74. The fraction of sp³-hybridized carbons (Fsp3) is 0.467. The molecule has 1 rings (SSSR count). The summed E-state index contributed by atoms with van der Waals surface area (Å²) in [6.07, 6.45) is -0.832. The number of carboxylic acid groups (broad SMARTS) is 1. The van der Waals surface area contributed by atoms with Crippen LogP contribution < -0.4 is 14.8 Å². The number of carbonyl (C=O) groups is 2. The third-order valence-electron chi connectivity index (χ3n) is 2.97. The van der Waals surface area contributed by atoms with Gasteiger partial charge in [-0.15, -0.1) is 0 Å². The first-order valence-corrected chi connectivity index (χ1v) is 6.69. The topological polar surface area (TPSA) is 84.9 Å². The van der Waals surface area contributed by atoms with Gasteiger partial charge in [0.1, 0.15) is 6.04 Å². The molecular weight excluding hydrogens is 274 g/mol. The second-order valence-corrected chi connectivity index (χ2v) is 4.98. The number of hydrogen-bond acceptors (Lipinski definition) is 4. The second kappa shape index (κ2) is 7.52. The van der Waals surface area contributed by atoms with E-state index in [1.807, 2.05) is 0 Å². The van der Waals surface area contributed by atoms with Gasteiger partial charge in [0, 0.05) is 0 Å². The highest BCUT2D eigenvalue weighted by Gasteiger charge is 2.26. The van der Waals surface area contributed by atoms with Gasteiger partial charge in [-0.2, -0.15) is 0 Å². The molecule has 0 fully saturated rings. The van der Waals surface area contributed by atoms with Crippen molar-refractivity contribution in [2.75, 3.05) is 7.11 Å². The molecule has 1 aromatic rings. The Hall–Kier alpha value is -2.24. The number of carbonyl (C=O) groups excluding carboxylic acids is 1. The summed E-state index contributed by atoms with van der Waals surface area (Å²) in [4.78, 5) is 23.1. The molecule has 0 bridgehead atoms. The molecule has 2 N–H and O–H groups in total. The van der Waals surface area contributed by atoms with Crippen LogP contribution in [0.2, 0.25) is 0 Å². The average molecular weight is 295 g/mol. The smallest absolute Gasteiger partial charge is 0.326 e. The Kier molecular flexibility index (Phi) is 6.02. The summed E-state index contributed by atoms with van der Waals surface area (Å²) in [5.74, 6) is -0.829. The van der Waals surface area contributed by atoms with Crippen LogP contribution in [-0.4, -0.2) is 36.2 Å². The van der Waals surface area contributed by atoms with Crippen molar-refractivity contribution in [1.29, 1.82) is 0 Å². The van der Waals surface area contributed by atoms with Crippen LogP contribution in [0.4, 0.5) is 0 Å². The van der Waals surface area contributed by atoms with E-state index in [1.54, 1.807) is 45.0 Å². The summed E-state index contributed by atoms with van der Waals surface area (Å²) in [5, 5.41) is 11.5. The Morgan fingerprint density at radius 3 is 2.19 bits per heavy atom. The Labute approximate surface area is 124 Å². The zero-order valence-electron chi connectivity index (χ0n) is 12.6. The zero-order valence-corrected chi connectivity index (χ0v) is 12.6. The number of ether oxygens (including phenoxy) is 2. The predicted molar refractivity (Wildman–Crippen MR) is 77.5 cm³/mol. The number of nitrogens with one attached hydrogen (secondary N) is 1. The van der Waals surface area contributed by atoms with E-state index in [0.29, 0.717) is 11.5 Å². The molecule has 2 atom stereocenters. The lowest BCUT2D eigenvalue weighted by Crippen LogP contribution is -2.48. The number of amides is 1. The second-order valence-electron chi connectivity index (χ2n) is 4.98. The van der Waals surface area contributed by atoms with Crippen LogP contribution >= 0.6 is 0 Å². The van der Waals surface area contributed by atoms with Crippen molar-refractivity contribution in [3.05, 3.63) is 24.3 Å². The van der Waals surface area contributed by atoms with Crippen LogP contribution in [0.25, 0.3) is 0 Å². The van der Waals surface area contributed by atoms with Crippen molar-refractivity contribution in [2.24, 2.45) is 5.92 Å². The molecule has 0 aliphatic carbocycles. The van der Waals surface area contributed by atoms with Crippen molar-refractivity contribution in [2.45, 2.75) is 32.9 Å². The lowest BCUT2D eigenvalue weighted by atomic mass is 10.0. The molecular formula is C15H21NO5. The van der Waals surface area contributed by atoms with Crippen molar-refractivity contribution in [1.82, 2.24) is 5.32 Å². The maximum atomic E-state index is 12.0. The van der Waals surface area contributed by atoms with Gasteiger partial charge >= 0.3 is 5.97 Å². The number of carboxylic acids is 1. The minimum atomic E-state index is -1.07. The van der Waals surface area contributed by atoms with Crippen LogP contribution in [-0.2, 0) is 9.59 Å². The maximum Gasteiger partial charge on any atom is 0.326 e. The van der Waals surface area contributed by atoms with E-state index in [2.05, 4.69) is 5.32 Å². The number of methoxy groups -OCH3 is 1. The molecule has 116 valence electrons. The van der Waals surface area contributed by atoms with Gasteiger partial charge in [-0.3, -0.25) is 4.79 Å². The molecule has 0 radical (unpaired) electrons. The molecule has 0 aliphatic heterocycles. The highest BCUT2D eigenvalue weighted by atomic mass is 16.5. The van der Waals surface area contributed by atoms with Gasteiger partial charge in [-0.1, -0.05) is 26.0 Å². The van der Waals surface area contributed by atoms with Crippen LogP contribution in [0, 0.1) is 5.92 Å². The summed E-state index contributed by atoms with van der Waals surface area (Å²) in [6, 6.07) is 6.00. The summed E-state index contributed by atoms with van der Waals surface area (Å²) < 4.78 is 10.7. The minimum absolute atomic E-state index is 0.218. The number of rotatable bonds is 7. The highest BCUT2D eigenvalue weighted by Crippen LogP contribution is 2.26. The van der Waals surface area contributed by atoms with Gasteiger partial charge in [-0.25, -0.2) is 4.79 Å². The Balaban J connectivity index is 2.72. The van der Waals surface area contributed by atoms with E-state index in [1.165, 1.54) is 7.11 Å². The van der Waals surface area contributed by atoms with E-state index in [0.717, 1.165) is 0 Å². The first-order chi connectivity index (χ1) is 9.86. The quantitative estimate of drug-likeness (QED) is 0.799. The molecule has 2 unspecified atom stereocenters. The number of aliphatic carboxylic acids is 1. The molecule has 1 amide bonds. The van der Waals surface area contributed by atoms with Gasteiger partial charge in [-0.05, 0) is 25.0 Å². The molecule has 0 saturated heterocycles. The first-order valence-electron chi connectivity index (χ1n) is 6.69. The monoisotopic (exact) mass is 295 g/mol. The third-order valence-corrected chi connectivity index (χ3v) is 2.97. The SMILES string of the molecule is COc1ccccc1OC(C)C(=O)NC(C(=O)O)C(C)C. The summed E-state index contributed by atoms with van der Waals surface area (Å²) in [7, 11) is 1.51. The van der Waals surface area contributed by atoms with E-state index in [4.69, 9.17) is 14.6 Å². The van der Waals surface area contributed by atoms with Gasteiger partial charge < -0.3 is 19.9 Å². The van der Waals surface area contributed by atoms with Crippen LogP contribution in [0.3, 0.4) is 0 Å². The van der Waals surface area contributed by atoms with Crippen molar-refractivity contribution in [3.63, 3.8) is 0 Å². The molecule has 21 heavy (non-hydrogen) atoms. The van der Waals surface area contributed by atoms with Gasteiger partial charge in [0.05, 0.1) is 7.11 Å². The third kappa shape index (κ3) is 4.66. The summed E-state index contributed by atoms with van der Waals surface area (Å²) in [6.45, 7) is 5.01. The van der Waals surface area contributed by atoms with E-state index in [-0.39, 0.29) is 5.92 Å².